The van der Waals surface area contributed by atoms with Crippen molar-refractivity contribution in [2.24, 2.45) is 0 Å². The van der Waals surface area contributed by atoms with E-state index in [1.165, 1.54) is 11.1 Å². The van der Waals surface area contributed by atoms with Crippen LogP contribution in [0.15, 0.2) is 23.0 Å². The number of ether oxygens (including phenoxy) is 1. The number of aromatic amines is 1. The fourth-order valence-corrected chi connectivity index (χ4v) is 3.97. The van der Waals surface area contributed by atoms with Crippen molar-refractivity contribution in [3.05, 3.63) is 45.2 Å². The third-order valence-electron chi connectivity index (χ3n) is 5.52. The number of morpholine rings is 1. The Hall–Kier alpha value is -1.96. The van der Waals surface area contributed by atoms with Gasteiger partial charge in [-0.2, -0.15) is 0 Å². The summed E-state index contributed by atoms with van der Waals surface area (Å²) in [5.74, 6) is 0. The maximum absolute atomic E-state index is 12.7. The SMILES string of the molecule is CCNC(=S)N(CCCN1CCOCC1)Cc1cc2cc(C)c(C)cc2[nH]c1=O. The largest absolute Gasteiger partial charge is 0.379 e. The lowest BCUT2D eigenvalue weighted by Crippen LogP contribution is -2.42. The minimum absolute atomic E-state index is 0.0433. The van der Waals surface area contributed by atoms with E-state index in [9.17, 15) is 4.79 Å². The number of rotatable bonds is 7. The molecule has 1 aromatic heterocycles. The van der Waals surface area contributed by atoms with Crippen molar-refractivity contribution in [2.45, 2.75) is 33.7 Å². The smallest absolute Gasteiger partial charge is 0.253 e. The number of fused-ring (bicyclic) bond motifs is 1. The highest BCUT2D eigenvalue weighted by Gasteiger charge is 2.15. The minimum Gasteiger partial charge on any atom is -0.379 e. The van der Waals surface area contributed by atoms with Crippen molar-refractivity contribution >= 4 is 28.2 Å². The van der Waals surface area contributed by atoms with Gasteiger partial charge in [-0.15, -0.1) is 0 Å². The van der Waals surface area contributed by atoms with Crippen LogP contribution in [0.2, 0.25) is 0 Å². The van der Waals surface area contributed by atoms with Gasteiger partial charge in [0.25, 0.3) is 5.56 Å². The Morgan fingerprint density at radius 2 is 1.97 bits per heavy atom. The van der Waals surface area contributed by atoms with Crippen LogP contribution in [-0.2, 0) is 11.3 Å². The second-order valence-electron chi connectivity index (χ2n) is 7.71. The standard InChI is InChI=1S/C22H32N4O2S/c1-4-23-22(29)26(7-5-6-25-8-10-28-11-9-25)15-19-14-18-12-16(2)17(3)13-20(18)24-21(19)27/h12-14H,4-11,15H2,1-3H3,(H,23,29)(H,24,27). The molecule has 0 amide bonds. The topological polar surface area (TPSA) is 60.6 Å². The summed E-state index contributed by atoms with van der Waals surface area (Å²) in [6, 6.07) is 6.18. The first-order valence-electron chi connectivity index (χ1n) is 10.4. The number of nitrogens with one attached hydrogen (secondary N) is 2. The van der Waals surface area contributed by atoms with Gasteiger partial charge in [0.1, 0.15) is 0 Å². The van der Waals surface area contributed by atoms with Gasteiger partial charge >= 0.3 is 0 Å². The number of benzene rings is 1. The van der Waals surface area contributed by atoms with Crippen molar-refractivity contribution in [2.75, 3.05) is 45.9 Å². The molecule has 158 valence electrons. The molecule has 1 aliphatic heterocycles. The molecule has 2 aromatic rings. The molecule has 3 rings (SSSR count). The van der Waals surface area contributed by atoms with Crippen LogP contribution >= 0.6 is 12.2 Å². The number of hydrogen-bond donors (Lipinski definition) is 2. The van der Waals surface area contributed by atoms with E-state index in [1.54, 1.807) is 0 Å². The highest BCUT2D eigenvalue weighted by atomic mass is 32.1. The predicted molar refractivity (Wildman–Crippen MR) is 123 cm³/mol. The van der Waals surface area contributed by atoms with Gasteiger partial charge < -0.3 is 19.9 Å². The maximum Gasteiger partial charge on any atom is 0.253 e. The molecule has 0 unspecified atom stereocenters. The molecule has 1 aliphatic rings. The summed E-state index contributed by atoms with van der Waals surface area (Å²) in [5, 5.41) is 5.00. The van der Waals surface area contributed by atoms with Crippen LogP contribution in [0.5, 0.6) is 0 Å². The van der Waals surface area contributed by atoms with Gasteiger partial charge in [-0.1, -0.05) is 0 Å². The molecule has 6 nitrogen and oxygen atoms in total. The highest BCUT2D eigenvalue weighted by Crippen LogP contribution is 2.18. The lowest BCUT2D eigenvalue weighted by molar-refractivity contribution is 0.0367. The second-order valence-corrected chi connectivity index (χ2v) is 8.10. The van der Waals surface area contributed by atoms with Crippen molar-refractivity contribution in [1.82, 2.24) is 20.1 Å². The predicted octanol–water partition coefficient (Wildman–Crippen LogP) is 2.56. The van der Waals surface area contributed by atoms with E-state index in [2.05, 4.69) is 40.0 Å². The molecule has 1 fully saturated rings. The number of pyridine rings is 1. The summed E-state index contributed by atoms with van der Waals surface area (Å²) in [6.07, 6.45) is 0.995. The van der Waals surface area contributed by atoms with Crippen LogP contribution < -0.4 is 10.9 Å². The lowest BCUT2D eigenvalue weighted by Gasteiger charge is -2.29. The summed E-state index contributed by atoms with van der Waals surface area (Å²) in [7, 11) is 0. The minimum atomic E-state index is -0.0433. The number of nitrogens with zero attached hydrogens (tertiary/aromatic N) is 2. The van der Waals surface area contributed by atoms with Gasteiger partial charge in [0.05, 0.1) is 19.8 Å². The average Bonchev–Trinajstić information content (AvgIpc) is 2.70. The van der Waals surface area contributed by atoms with Gasteiger partial charge in [0.2, 0.25) is 0 Å². The first-order valence-corrected chi connectivity index (χ1v) is 10.8. The average molecular weight is 417 g/mol. The van der Waals surface area contributed by atoms with Crippen LogP contribution in [0.3, 0.4) is 0 Å². The van der Waals surface area contributed by atoms with E-state index in [4.69, 9.17) is 17.0 Å². The lowest BCUT2D eigenvalue weighted by atomic mass is 10.0. The molecule has 29 heavy (non-hydrogen) atoms. The zero-order valence-electron chi connectivity index (χ0n) is 17.7. The van der Waals surface area contributed by atoms with Crippen molar-refractivity contribution in [3.63, 3.8) is 0 Å². The molecule has 2 N–H and O–H groups in total. The third kappa shape index (κ3) is 5.78. The Balaban J connectivity index is 1.73. The summed E-state index contributed by atoms with van der Waals surface area (Å²) in [5.41, 5.74) is 3.99. The zero-order valence-corrected chi connectivity index (χ0v) is 18.5. The Morgan fingerprint density at radius 1 is 1.24 bits per heavy atom. The van der Waals surface area contributed by atoms with Crippen LogP contribution in [-0.4, -0.2) is 65.8 Å². The van der Waals surface area contributed by atoms with Gasteiger partial charge in [0, 0.05) is 43.8 Å². The van der Waals surface area contributed by atoms with Crippen LogP contribution in [0.25, 0.3) is 10.9 Å². The van der Waals surface area contributed by atoms with Crippen LogP contribution in [0.1, 0.15) is 30.0 Å². The summed E-state index contributed by atoms with van der Waals surface area (Å²) < 4.78 is 5.42. The van der Waals surface area contributed by atoms with Crippen molar-refractivity contribution in [1.29, 1.82) is 0 Å². The Bertz CT molecular complexity index is 906. The number of aryl methyl sites for hydroxylation is 2. The summed E-state index contributed by atoms with van der Waals surface area (Å²) in [6.45, 7) is 12.9. The molecule has 0 saturated carbocycles. The molecule has 0 radical (unpaired) electrons. The van der Waals surface area contributed by atoms with Crippen molar-refractivity contribution < 1.29 is 4.74 Å². The Labute approximate surface area is 178 Å². The molecule has 0 aliphatic carbocycles. The van der Waals surface area contributed by atoms with E-state index in [0.717, 1.165) is 68.8 Å². The zero-order chi connectivity index (χ0) is 20.8. The molecule has 1 aromatic carbocycles. The quantitative estimate of drug-likeness (QED) is 0.677. The molecule has 0 atom stereocenters. The van der Waals surface area contributed by atoms with E-state index in [1.807, 2.05) is 19.1 Å². The van der Waals surface area contributed by atoms with Crippen LogP contribution in [0, 0.1) is 13.8 Å². The molecular weight excluding hydrogens is 384 g/mol. The third-order valence-corrected chi connectivity index (χ3v) is 5.92. The van der Waals surface area contributed by atoms with Gasteiger partial charge in [0.15, 0.2) is 5.11 Å². The monoisotopic (exact) mass is 416 g/mol. The molecule has 2 heterocycles. The van der Waals surface area contributed by atoms with Gasteiger partial charge in [-0.05, 0) is 74.1 Å². The number of thiocarbonyl (C=S) groups is 1. The van der Waals surface area contributed by atoms with E-state index < -0.39 is 0 Å². The molecule has 7 heteroatoms. The first-order chi connectivity index (χ1) is 14.0. The number of H-pyrrole nitrogens is 1. The fourth-order valence-electron chi connectivity index (χ4n) is 3.67. The van der Waals surface area contributed by atoms with Crippen molar-refractivity contribution in [3.8, 4) is 0 Å². The Kier molecular flexibility index (Phi) is 7.64. The number of aromatic nitrogens is 1. The molecular formula is C22H32N4O2S. The van der Waals surface area contributed by atoms with Gasteiger partial charge in [-0.25, -0.2) is 0 Å². The molecule has 1 saturated heterocycles. The maximum atomic E-state index is 12.7. The molecule has 0 spiro atoms. The Morgan fingerprint density at radius 3 is 2.69 bits per heavy atom. The summed E-state index contributed by atoms with van der Waals surface area (Å²) in [4.78, 5) is 20.3. The fraction of sp³-hybridized carbons (Fsp3) is 0.545. The van der Waals surface area contributed by atoms with E-state index in [-0.39, 0.29) is 5.56 Å². The van der Waals surface area contributed by atoms with E-state index in [0.29, 0.717) is 11.7 Å². The normalized spacial score (nSPS) is 14.9. The first kappa shape index (κ1) is 21.7. The summed E-state index contributed by atoms with van der Waals surface area (Å²) >= 11 is 5.59. The van der Waals surface area contributed by atoms with E-state index >= 15 is 0 Å². The highest BCUT2D eigenvalue weighted by molar-refractivity contribution is 7.80. The van der Waals surface area contributed by atoms with Gasteiger partial charge in [-0.3, -0.25) is 9.69 Å². The molecule has 0 bridgehead atoms. The second kappa shape index (κ2) is 10.2. The van der Waals surface area contributed by atoms with Crippen LogP contribution in [0.4, 0.5) is 0 Å². The number of hydrogen-bond acceptors (Lipinski definition) is 4.